The smallest absolute Gasteiger partial charge is 0.0863 e. The lowest BCUT2D eigenvalue weighted by Crippen LogP contribution is -1.87. The monoisotopic (exact) mass is 194 g/mol. The van der Waals surface area contributed by atoms with Gasteiger partial charge in [0, 0.05) is 5.75 Å². The SMILES string of the molecule is CC(C)CSN=Nc1ccccc1. The van der Waals surface area contributed by atoms with Crippen LogP contribution in [0.3, 0.4) is 0 Å². The van der Waals surface area contributed by atoms with Gasteiger partial charge in [-0.15, -0.1) is 9.63 Å². The summed E-state index contributed by atoms with van der Waals surface area (Å²) in [6, 6.07) is 9.78. The summed E-state index contributed by atoms with van der Waals surface area (Å²) in [4.78, 5) is 0. The Morgan fingerprint density at radius 1 is 1.23 bits per heavy atom. The molecule has 3 heteroatoms. The lowest BCUT2D eigenvalue weighted by atomic mass is 10.3. The van der Waals surface area contributed by atoms with E-state index in [1.54, 1.807) is 0 Å². The minimum atomic E-state index is 0.666. The van der Waals surface area contributed by atoms with Crippen molar-refractivity contribution in [2.24, 2.45) is 15.6 Å². The van der Waals surface area contributed by atoms with Crippen LogP contribution in [0.4, 0.5) is 5.69 Å². The van der Waals surface area contributed by atoms with Crippen LogP contribution < -0.4 is 0 Å². The quantitative estimate of drug-likeness (QED) is 0.523. The van der Waals surface area contributed by atoms with Crippen LogP contribution in [0.2, 0.25) is 0 Å². The molecule has 1 aromatic carbocycles. The lowest BCUT2D eigenvalue weighted by molar-refractivity contribution is 0.750. The van der Waals surface area contributed by atoms with Crippen molar-refractivity contribution in [2.75, 3.05) is 5.75 Å². The average Bonchev–Trinajstić information content (AvgIpc) is 2.14. The second-order valence-corrected chi connectivity index (χ2v) is 3.96. The van der Waals surface area contributed by atoms with Gasteiger partial charge in [0.2, 0.25) is 0 Å². The van der Waals surface area contributed by atoms with Crippen molar-refractivity contribution < 1.29 is 0 Å². The Morgan fingerprint density at radius 3 is 2.54 bits per heavy atom. The molecule has 0 saturated heterocycles. The molecule has 0 N–H and O–H groups in total. The molecule has 13 heavy (non-hydrogen) atoms. The Labute approximate surface area is 83.6 Å². The van der Waals surface area contributed by atoms with Crippen molar-refractivity contribution >= 4 is 17.6 Å². The predicted octanol–water partition coefficient (Wildman–Crippen LogP) is 4.07. The van der Waals surface area contributed by atoms with Gasteiger partial charge < -0.3 is 0 Å². The third kappa shape index (κ3) is 4.68. The Balaban J connectivity index is 2.33. The van der Waals surface area contributed by atoms with Crippen LogP contribution in [-0.2, 0) is 0 Å². The molecule has 0 atom stereocenters. The van der Waals surface area contributed by atoms with E-state index in [0.717, 1.165) is 11.4 Å². The molecule has 0 unspecified atom stereocenters. The molecule has 70 valence electrons. The maximum atomic E-state index is 4.07. The summed E-state index contributed by atoms with van der Waals surface area (Å²) in [6.07, 6.45) is 0. The molecule has 0 amide bonds. The normalized spacial score (nSPS) is 11.3. The van der Waals surface area contributed by atoms with Gasteiger partial charge in [-0.2, -0.15) is 0 Å². The van der Waals surface area contributed by atoms with Crippen LogP contribution in [0.15, 0.2) is 40.0 Å². The highest BCUT2D eigenvalue weighted by atomic mass is 32.2. The number of hydrogen-bond acceptors (Lipinski definition) is 3. The first kappa shape index (κ1) is 10.3. The topological polar surface area (TPSA) is 24.7 Å². The minimum Gasteiger partial charge on any atom is -0.144 e. The molecule has 0 radical (unpaired) electrons. The van der Waals surface area contributed by atoms with E-state index in [1.165, 1.54) is 11.9 Å². The van der Waals surface area contributed by atoms with Crippen molar-refractivity contribution in [3.63, 3.8) is 0 Å². The highest BCUT2D eigenvalue weighted by molar-refractivity contribution is 7.97. The second kappa shape index (κ2) is 5.75. The van der Waals surface area contributed by atoms with Gasteiger partial charge in [0.05, 0.1) is 5.69 Å². The first-order chi connectivity index (χ1) is 6.29. The zero-order chi connectivity index (χ0) is 9.52. The third-order valence-electron chi connectivity index (χ3n) is 1.38. The van der Waals surface area contributed by atoms with Crippen LogP contribution in [-0.4, -0.2) is 5.75 Å². The molecule has 0 saturated carbocycles. The van der Waals surface area contributed by atoms with Crippen LogP contribution >= 0.6 is 11.9 Å². The summed E-state index contributed by atoms with van der Waals surface area (Å²) in [5.41, 5.74) is 0.916. The van der Waals surface area contributed by atoms with E-state index in [-0.39, 0.29) is 0 Å². The number of hydrogen-bond donors (Lipinski definition) is 0. The van der Waals surface area contributed by atoms with Gasteiger partial charge in [-0.3, -0.25) is 0 Å². The highest BCUT2D eigenvalue weighted by Gasteiger charge is 1.91. The maximum Gasteiger partial charge on any atom is 0.0863 e. The number of benzene rings is 1. The zero-order valence-corrected chi connectivity index (χ0v) is 8.79. The summed E-state index contributed by atoms with van der Waals surface area (Å²) < 4.78 is 4.02. The molecule has 0 spiro atoms. The van der Waals surface area contributed by atoms with Gasteiger partial charge in [-0.05, 0) is 30.0 Å². The number of nitrogens with zero attached hydrogens (tertiary/aromatic N) is 2. The van der Waals surface area contributed by atoms with Crippen molar-refractivity contribution in [2.45, 2.75) is 13.8 Å². The molecule has 0 heterocycles. The Bertz CT molecular complexity index is 257. The van der Waals surface area contributed by atoms with Crippen LogP contribution in [0.5, 0.6) is 0 Å². The summed E-state index contributed by atoms with van der Waals surface area (Å²) >= 11 is 1.51. The predicted molar refractivity (Wildman–Crippen MR) is 58.3 cm³/mol. The maximum absolute atomic E-state index is 4.07. The van der Waals surface area contributed by atoms with Gasteiger partial charge in [-0.1, -0.05) is 32.0 Å². The molecule has 2 nitrogen and oxygen atoms in total. The standard InChI is InChI=1S/C10H14N2S/c1-9(2)8-13-12-11-10-6-4-3-5-7-10/h3-7,9H,8H2,1-2H3. The Kier molecular flexibility index (Phi) is 4.54. The van der Waals surface area contributed by atoms with E-state index in [2.05, 4.69) is 23.5 Å². The first-order valence-corrected chi connectivity index (χ1v) is 5.31. The molecule has 0 aliphatic heterocycles. The van der Waals surface area contributed by atoms with Gasteiger partial charge >= 0.3 is 0 Å². The Morgan fingerprint density at radius 2 is 1.92 bits per heavy atom. The Hall–Kier alpha value is -0.830. The molecular formula is C10H14N2S. The third-order valence-corrected chi connectivity index (χ3v) is 2.39. The van der Waals surface area contributed by atoms with Crippen molar-refractivity contribution in [1.29, 1.82) is 0 Å². The van der Waals surface area contributed by atoms with Gasteiger partial charge in [0.15, 0.2) is 0 Å². The zero-order valence-electron chi connectivity index (χ0n) is 7.97. The van der Waals surface area contributed by atoms with Crippen molar-refractivity contribution in [3.8, 4) is 0 Å². The van der Waals surface area contributed by atoms with Gasteiger partial charge in [0.1, 0.15) is 0 Å². The summed E-state index contributed by atoms with van der Waals surface area (Å²) in [6.45, 7) is 4.34. The van der Waals surface area contributed by atoms with E-state index >= 15 is 0 Å². The van der Waals surface area contributed by atoms with E-state index < -0.39 is 0 Å². The average molecular weight is 194 g/mol. The molecule has 0 aliphatic rings. The molecule has 0 fully saturated rings. The second-order valence-electron chi connectivity index (χ2n) is 3.21. The highest BCUT2D eigenvalue weighted by Crippen LogP contribution is 2.15. The van der Waals surface area contributed by atoms with Crippen molar-refractivity contribution in [3.05, 3.63) is 30.3 Å². The van der Waals surface area contributed by atoms with E-state index in [4.69, 9.17) is 0 Å². The first-order valence-electron chi connectivity index (χ1n) is 4.37. The van der Waals surface area contributed by atoms with Gasteiger partial charge in [0.25, 0.3) is 0 Å². The molecule has 0 aliphatic carbocycles. The van der Waals surface area contributed by atoms with Crippen LogP contribution in [0, 0.1) is 5.92 Å². The fraction of sp³-hybridized carbons (Fsp3) is 0.400. The largest absolute Gasteiger partial charge is 0.144 e. The molecular weight excluding hydrogens is 180 g/mol. The molecule has 0 aromatic heterocycles. The van der Waals surface area contributed by atoms with E-state index in [1.807, 2.05) is 30.3 Å². The summed E-state index contributed by atoms with van der Waals surface area (Å²) in [5.74, 6) is 1.69. The fourth-order valence-electron chi connectivity index (χ4n) is 0.753. The van der Waals surface area contributed by atoms with Crippen molar-refractivity contribution in [1.82, 2.24) is 0 Å². The molecule has 0 bridgehead atoms. The molecule has 1 rings (SSSR count). The van der Waals surface area contributed by atoms with Gasteiger partial charge in [-0.25, -0.2) is 0 Å². The fourth-order valence-corrected chi connectivity index (χ4v) is 1.27. The van der Waals surface area contributed by atoms with Crippen LogP contribution in [0.25, 0.3) is 0 Å². The van der Waals surface area contributed by atoms with E-state index in [9.17, 15) is 0 Å². The summed E-state index contributed by atoms with van der Waals surface area (Å²) in [5, 5.41) is 4.07. The lowest BCUT2D eigenvalue weighted by Gasteiger charge is -1.96. The minimum absolute atomic E-state index is 0.666. The van der Waals surface area contributed by atoms with Crippen LogP contribution in [0.1, 0.15) is 13.8 Å². The van der Waals surface area contributed by atoms with E-state index in [0.29, 0.717) is 5.92 Å². The summed E-state index contributed by atoms with van der Waals surface area (Å²) in [7, 11) is 0. The number of rotatable bonds is 4. The molecule has 1 aromatic rings.